The highest BCUT2D eigenvalue weighted by Crippen LogP contribution is 2.20. The van der Waals surface area contributed by atoms with Crippen LogP contribution < -0.4 is 15.4 Å². The third kappa shape index (κ3) is 5.18. The predicted molar refractivity (Wildman–Crippen MR) is 101 cm³/mol. The summed E-state index contributed by atoms with van der Waals surface area (Å²) in [6.07, 6.45) is 2.01. The molecule has 1 heterocycles. The number of nitrogens with one attached hydrogen (secondary N) is 2. The van der Waals surface area contributed by atoms with Gasteiger partial charge >= 0.3 is 12.6 Å². The van der Waals surface area contributed by atoms with Gasteiger partial charge < -0.3 is 20.3 Å². The van der Waals surface area contributed by atoms with Crippen molar-refractivity contribution in [1.29, 1.82) is 0 Å². The molecule has 0 radical (unpaired) electrons. The van der Waals surface area contributed by atoms with Crippen LogP contribution in [0.25, 0.3) is 0 Å². The van der Waals surface area contributed by atoms with E-state index in [0.29, 0.717) is 16.8 Å². The summed E-state index contributed by atoms with van der Waals surface area (Å²) >= 11 is 0. The van der Waals surface area contributed by atoms with E-state index in [9.17, 15) is 18.4 Å². The average molecular weight is 389 g/mol. The van der Waals surface area contributed by atoms with Gasteiger partial charge in [0.1, 0.15) is 5.75 Å². The van der Waals surface area contributed by atoms with Crippen LogP contribution in [-0.2, 0) is 6.54 Å². The molecule has 3 rings (SSSR count). The number of anilines is 1. The summed E-state index contributed by atoms with van der Waals surface area (Å²) in [5.41, 5.74) is 1.41. The third-order valence-electron chi connectivity index (χ3n) is 4.39. The zero-order chi connectivity index (χ0) is 19.9. The lowest BCUT2D eigenvalue weighted by Gasteiger charge is -2.16. The van der Waals surface area contributed by atoms with Crippen molar-refractivity contribution < 1.29 is 23.1 Å². The largest absolute Gasteiger partial charge is 0.434 e. The fraction of sp³-hybridized carbons (Fsp3) is 0.300. The first-order valence-electron chi connectivity index (χ1n) is 9.00. The smallest absolute Gasteiger partial charge is 0.387 e. The van der Waals surface area contributed by atoms with E-state index in [4.69, 9.17) is 0 Å². The maximum atomic E-state index is 12.4. The number of hydrogen-bond acceptors (Lipinski definition) is 3. The van der Waals surface area contributed by atoms with Gasteiger partial charge in [-0.2, -0.15) is 8.78 Å². The summed E-state index contributed by atoms with van der Waals surface area (Å²) in [7, 11) is 0. The first-order chi connectivity index (χ1) is 13.5. The van der Waals surface area contributed by atoms with Gasteiger partial charge in [-0.05, 0) is 37.1 Å². The Morgan fingerprint density at radius 1 is 1.07 bits per heavy atom. The van der Waals surface area contributed by atoms with E-state index in [2.05, 4.69) is 15.4 Å². The highest BCUT2D eigenvalue weighted by molar-refractivity contribution is 5.97. The van der Waals surface area contributed by atoms with E-state index in [1.807, 2.05) is 0 Å². The van der Waals surface area contributed by atoms with E-state index in [0.717, 1.165) is 25.9 Å². The number of amides is 3. The number of nitrogens with zero attached hydrogens (tertiary/aromatic N) is 1. The lowest BCUT2D eigenvalue weighted by molar-refractivity contribution is -0.0504. The first kappa shape index (κ1) is 19.6. The second-order valence-corrected chi connectivity index (χ2v) is 6.37. The molecule has 0 unspecified atom stereocenters. The van der Waals surface area contributed by atoms with E-state index in [1.165, 1.54) is 6.07 Å². The van der Waals surface area contributed by atoms with E-state index >= 15 is 0 Å². The van der Waals surface area contributed by atoms with Crippen molar-refractivity contribution in [3.8, 4) is 5.75 Å². The molecule has 6 nitrogen and oxygen atoms in total. The number of halogens is 2. The topological polar surface area (TPSA) is 70.7 Å². The third-order valence-corrected chi connectivity index (χ3v) is 4.39. The lowest BCUT2D eigenvalue weighted by Crippen LogP contribution is -2.29. The molecular weight excluding hydrogens is 368 g/mol. The molecule has 0 aliphatic carbocycles. The number of carbonyl (C=O) groups is 2. The van der Waals surface area contributed by atoms with Gasteiger partial charge in [-0.3, -0.25) is 4.79 Å². The quantitative estimate of drug-likeness (QED) is 0.789. The molecule has 148 valence electrons. The van der Waals surface area contributed by atoms with Crippen LogP contribution in [-0.4, -0.2) is 36.5 Å². The van der Waals surface area contributed by atoms with Gasteiger partial charge in [-0.1, -0.05) is 24.3 Å². The molecule has 1 saturated heterocycles. The van der Waals surface area contributed by atoms with Gasteiger partial charge in [-0.25, -0.2) is 4.79 Å². The van der Waals surface area contributed by atoms with Crippen LogP contribution in [0.15, 0.2) is 48.5 Å². The van der Waals surface area contributed by atoms with Crippen LogP contribution in [0.2, 0.25) is 0 Å². The van der Waals surface area contributed by atoms with Crippen LogP contribution in [0.5, 0.6) is 5.75 Å². The molecule has 0 atom stereocenters. The molecule has 2 aromatic rings. The summed E-state index contributed by atoms with van der Waals surface area (Å²) in [6.45, 7) is -1.43. The van der Waals surface area contributed by atoms with Crippen molar-refractivity contribution in [2.75, 3.05) is 18.4 Å². The van der Waals surface area contributed by atoms with Crippen molar-refractivity contribution in [3.05, 3.63) is 59.7 Å². The second-order valence-electron chi connectivity index (χ2n) is 6.37. The van der Waals surface area contributed by atoms with Crippen molar-refractivity contribution in [1.82, 2.24) is 10.2 Å². The molecular formula is C20H21F2N3O3. The Labute approximate surface area is 161 Å². The molecule has 3 amide bonds. The van der Waals surface area contributed by atoms with Crippen LogP contribution in [0.4, 0.5) is 19.3 Å². The number of carbonyl (C=O) groups excluding carboxylic acids is 2. The fourth-order valence-electron chi connectivity index (χ4n) is 3.04. The highest BCUT2D eigenvalue weighted by atomic mass is 19.3. The van der Waals surface area contributed by atoms with Gasteiger partial charge in [0.15, 0.2) is 0 Å². The standard InChI is InChI=1S/C20H21F2N3O3/c21-19(22)28-17-9-2-1-6-15(17)13-23-20(27)24-16-8-5-7-14(12-16)18(26)25-10-3-4-11-25/h1-2,5-9,12,19H,3-4,10-11,13H2,(H2,23,24,27). The molecule has 28 heavy (non-hydrogen) atoms. The zero-order valence-electron chi connectivity index (χ0n) is 15.2. The predicted octanol–water partition coefficient (Wildman–Crippen LogP) is 3.85. The van der Waals surface area contributed by atoms with Crippen molar-refractivity contribution in [3.63, 3.8) is 0 Å². The lowest BCUT2D eigenvalue weighted by atomic mass is 10.1. The highest BCUT2D eigenvalue weighted by Gasteiger charge is 2.19. The van der Waals surface area contributed by atoms with Gasteiger partial charge in [0.05, 0.1) is 0 Å². The molecule has 1 fully saturated rings. The minimum absolute atomic E-state index is 0.0102. The Kier molecular flexibility index (Phi) is 6.41. The van der Waals surface area contributed by atoms with E-state index < -0.39 is 12.6 Å². The van der Waals surface area contributed by atoms with Gasteiger partial charge in [0.25, 0.3) is 5.91 Å². The summed E-state index contributed by atoms with van der Waals surface area (Å²) in [5, 5.41) is 5.24. The van der Waals surface area contributed by atoms with Gasteiger partial charge in [0.2, 0.25) is 0 Å². The SMILES string of the molecule is O=C(NCc1ccccc1OC(F)F)Nc1cccc(C(=O)N2CCCC2)c1. The summed E-state index contributed by atoms with van der Waals surface area (Å²) < 4.78 is 29.3. The normalized spacial score (nSPS) is 13.5. The van der Waals surface area contributed by atoms with Crippen LogP contribution in [0.1, 0.15) is 28.8 Å². The number of hydrogen-bond donors (Lipinski definition) is 2. The molecule has 8 heteroatoms. The number of likely N-dealkylation sites (tertiary alicyclic amines) is 1. The summed E-state index contributed by atoms with van der Waals surface area (Å²) in [6, 6.07) is 12.4. The maximum Gasteiger partial charge on any atom is 0.387 e. The number of urea groups is 1. The molecule has 0 saturated carbocycles. The number of para-hydroxylation sites is 1. The summed E-state index contributed by atoms with van der Waals surface area (Å²) in [4.78, 5) is 26.4. The number of alkyl halides is 2. The first-order valence-corrected chi connectivity index (χ1v) is 9.00. The van der Waals surface area contributed by atoms with Crippen LogP contribution in [0.3, 0.4) is 0 Å². The Morgan fingerprint density at radius 2 is 1.82 bits per heavy atom. The Bertz CT molecular complexity index is 839. The Hall–Kier alpha value is -3.16. The average Bonchev–Trinajstić information content (AvgIpc) is 3.21. The van der Waals surface area contributed by atoms with Gasteiger partial charge in [0, 0.05) is 36.4 Å². The monoisotopic (exact) mass is 389 g/mol. The van der Waals surface area contributed by atoms with Crippen molar-refractivity contribution in [2.24, 2.45) is 0 Å². The molecule has 2 N–H and O–H groups in total. The van der Waals surface area contributed by atoms with Crippen LogP contribution >= 0.6 is 0 Å². The van der Waals surface area contributed by atoms with Crippen molar-refractivity contribution >= 4 is 17.6 Å². The molecule has 0 bridgehead atoms. The molecule has 1 aliphatic rings. The number of ether oxygens (including phenoxy) is 1. The molecule has 1 aliphatic heterocycles. The van der Waals surface area contributed by atoms with Gasteiger partial charge in [-0.15, -0.1) is 0 Å². The minimum atomic E-state index is -2.94. The summed E-state index contributed by atoms with van der Waals surface area (Å²) in [5.74, 6) is -0.0457. The van der Waals surface area contributed by atoms with E-state index in [-0.39, 0.29) is 18.2 Å². The Balaban J connectivity index is 1.58. The number of benzene rings is 2. The molecule has 0 aromatic heterocycles. The minimum Gasteiger partial charge on any atom is -0.434 e. The number of rotatable bonds is 6. The Morgan fingerprint density at radius 3 is 2.57 bits per heavy atom. The van der Waals surface area contributed by atoms with Crippen molar-refractivity contribution in [2.45, 2.75) is 26.0 Å². The second kappa shape index (κ2) is 9.16. The zero-order valence-corrected chi connectivity index (χ0v) is 15.2. The van der Waals surface area contributed by atoms with Crippen LogP contribution in [0, 0.1) is 0 Å². The maximum absolute atomic E-state index is 12.4. The van der Waals surface area contributed by atoms with E-state index in [1.54, 1.807) is 47.4 Å². The molecule has 0 spiro atoms. The fourth-order valence-corrected chi connectivity index (χ4v) is 3.04. The molecule has 2 aromatic carbocycles.